The summed E-state index contributed by atoms with van der Waals surface area (Å²) in [4.78, 5) is 41.8. The zero-order chi connectivity index (χ0) is 21.8. The first kappa shape index (κ1) is 20.6. The third-order valence-electron chi connectivity index (χ3n) is 5.14. The fourth-order valence-electron chi connectivity index (χ4n) is 3.42. The zero-order valence-electron chi connectivity index (χ0n) is 17.1. The molecule has 3 aromatic rings. The van der Waals surface area contributed by atoms with Gasteiger partial charge in [0.05, 0.1) is 13.2 Å². The van der Waals surface area contributed by atoms with Crippen LogP contribution in [0.3, 0.4) is 0 Å². The Labute approximate surface area is 178 Å². The van der Waals surface area contributed by atoms with Crippen LogP contribution in [0.4, 0.5) is 11.4 Å². The van der Waals surface area contributed by atoms with Crippen molar-refractivity contribution in [2.75, 3.05) is 36.5 Å². The van der Waals surface area contributed by atoms with Gasteiger partial charge >= 0.3 is 5.97 Å². The molecule has 0 spiro atoms. The number of anilines is 2. The number of amides is 1. The van der Waals surface area contributed by atoms with Crippen LogP contribution < -0.4 is 15.8 Å². The van der Waals surface area contributed by atoms with E-state index in [1.165, 1.54) is 13.0 Å². The lowest BCUT2D eigenvalue weighted by Gasteiger charge is -2.28. The summed E-state index contributed by atoms with van der Waals surface area (Å²) in [6, 6.07) is 15.9. The lowest BCUT2D eigenvalue weighted by molar-refractivity contribution is -0.123. The summed E-state index contributed by atoms with van der Waals surface area (Å²) in [7, 11) is 0. The second kappa shape index (κ2) is 9.01. The summed E-state index contributed by atoms with van der Waals surface area (Å²) in [5.41, 5.74) is 1.27. The first-order valence-corrected chi connectivity index (χ1v) is 10.1. The maximum atomic E-state index is 12.5. The van der Waals surface area contributed by atoms with Crippen LogP contribution >= 0.6 is 0 Å². The van der Waals surface area contributed by atoms with Crippen molar-refractivity contribution in [1.29, 1.82) is 0 Å². The van der Waals surface area contributed by atoms with Crippen LogP contribution in [0.1, 0.15) is 17.4 Å². The number of hydrogen-bond acceptors (Lipinski definition) is 6. The van der Waals surface area contributed by atoms with Gasteiger partial charge in [-0.3, -0.25) is 9.59 Å². The fourth-order valence-corrected chi connectivity index (χ4v) is 3.42. The van der Waals surface area contributed by atoms with Crippen LogP contribution in [0.5, 0.6) is 0 Å². The molecule has 160 valence electrons. The monoisotopic (exact) mass is 421 g/mol. The Hall–Kier alpha value is -3.65. The van der Waals surface area contributed by atoms with Crippen molar-refractivity contribution >= 4 is 34.0 Å². The molecule has 8 heteroatoms. The van der Waals surface area contributed by atoms with Gasteiger partial charge in [0, 0.05) is 29.9 Å². The van der Waals surface area contributed by atoms with Gasteiger partial charge in [0.1, 0.15) is 5.69 Å². The molecule has 31 heavy (non-hydrogen) atoms. The number of pyridine rings is 1. The highest BCUT2D eigenvalue weighted by Gasteiger charge is 2.20. The van der Waals surface area contributed by atoms with E-state index in [0.29, 0.717) is 29.7 Å². The number of benzene rings is 2. The van der Waals surface area contributed by atoms with Crippen molar-refractivity contribution in [1.82, 2.24) is 4.98 Å². The predicted octanol–water partition coefficient (Wildman–Crippen LogP) is 2.55. The number of hydrogen-bond donors (Lipinski definition) is 2. The van der Waals surface area contributed by atoms with Gasteiger partial charge in [-0.2, -0.15) is 0 Å². The number of carbonyl (C=O) groups excluding carboxylic acids is 2. The number of nitrogens with zero attached hydrogens (tertiary/aromatic N) is 1. The molecule has 1 saturated heterocycles. The molecule has 0 aliphatic carbocycles. The third kappa shape index (κ3) is 4.75. The number of esters is 1. The zero-order valence-corrected chi connectivity index (χ0v) is 17.1. The highest BCUT2D eigenvalue weighted by Crippen LogP contribution is 2.19. The molecular formula is C23H23N3O5. The Morgan fingerprint density at radius 2 is 1.81 bits per heavy atom. The molecule has 2 N–H and O–H groups in total. The Morgan fingerprint density at radius 1 is 1.10 bits per heavy atom. The van der Waals surface area contributed by atoms with Crippen LogP contribution in [0.2, 0.25) is 0 Å². The molecule has 1 atom stereocenters. The summed E-state index contributed by atoms with van der Waals surface area (Å²) in [5.74, 6) is -1.23. The van der Waals surface area contributed by atoms with Crippen molar-refractivity contribution in [3.05, 3.63) is 70.6 Å². The van der Waals surface area contributed by atoms with Crippen molar-refractivity contribution in [2.45, 2.75) is 13.0 Å². The first-order valence-electron chi connectivity index (χ1n) is 10.1. The largest absolute Gasteiger partial charge is 0.448 e. The highest BCUT2D eigenvalue weighted by molar-refractivity contribution is 5.98. The summed E-state index contributed by atoms with van der Waals surface area (Å²) in [6.45, 7) is 4.54. The molecule has 2 heterocycles. The van der Waals surface area contributed by atoms with Crippen LogP contribution in [0.15, 0.2) is 59.4 Å². The van der Waals surface area contributed by atoms with E-state index in [-0.39, 0.29) is 11.3 Å². The molecule has 0 saturated carbocycles. The lowest BCUT2D eigenvalue weighted by atomic mass is 10.1. The van der Waals surface area contributed by atoms with Gasteiger partial charge in [-0.05, 0) is 48.7 Å². The normalized spacial score (nSPS) is 14.8. The average molecular weight is 421 g/mol. The molecule has 8 nitrogen and oxygen atoms in total. The van der Waals surface area contributed by atoms with E-state index in [1.54, 1.807) is 36.4 Å². The van der Waals surface area contributed by atoms with E-state index in [1.807, 2.05) is 12.1 Å². The number of ether oxygens (including phenoxy) is 2. The molecule has 1 amide bonds. The van der Waals surface area contributed by atoms with Gasteiger partial charge in [0.15, 0.2) is 6.10 Å². The number of fused-ring (bicyclic) bond motifs is 1. The molecule has 0 bridgehead atoms. The summed E-state index contributed by atoms with van der Waals surface area (Å²) in [5, 5.41) is 3.84. The Bertz CT molecular complexity index is 1150. The molecule has 1 fully saturated rings. The number of aromatic nitrogens is 1. The van der Waals surface area contributed by atoms with Gasteiger partial charge in [-0.15, -0.1) is 0 Å². The van der Waals surface area contributed by atoms with E-state index >= 15 is 0 Å². The molecule has 0 radical (unpaired) electrons. The number of H-pyrrole nitrogens is 1. The summed E-state index contributed by atoms with van der Waals surface area (Å²) >= 11 is 0. The van der Waals surface area contributed by atoms with Gasteiger partial charge in [0.25, 0.3) is 11.5 Å². The van der Waals surface area contributed by atoms with Crippen molar-refractivity contribution in [2.24, 2.45) is 0 Å². The van der Waals surface area contributed by atoms with Crippen LogP contribution in [-0.4, -0.2) is 49.3 Å². The van der Waals surface area contributed by atoms with Crippen molar-refractivity contribution in [3.63, 3.8) is 0 Å². The standard InChI is InChI=1S/C23H23N3O5/c1-15(31-23(29)20-14-16-4-2-3-5-19(16)22(28)25-20)21(27)24-17-6-8-18(9-7-17)26-10-12-30-13-11-26/h2-9,14-15H,10-13H2,1H3,(H,24,27)(H,25,28)/t15-/m0/s1. The molecule has 1 aromatic heterocycles. The minimum Gasteiger partial charge on any atom is -0.448 e. The molecule has 1 aliphatic rings. The molecule has 4 rings (SSSR count). The number of rotatable bonds is 5. The maximum Gasteiger partial charge on any atom is 0.355 e. The second-order valence-corrected chi connectivity index (χ2v) is 7.28. The van der Waals surface area contributed by atoms with E-state index < -0.39 is 18.0 Å². The first-order chi connectivity index (χ1) is 15.0. The molecule has 2 aromatic carbocycles. The van der Waals surface area contributed by atoms with E-state index in [9.17, 15) is 14.4 Å². The summed E-state index contributed by atoms with van der Waals surface area (Å²) in [6.07, 6.45) is -1.04. The lowest BCUT2D eigenvalue weighted by Crippen LogP contribution is -2.36. The van der Waals surface area contributed by atoms with Gasteiger partial charge in [-0.25, -0.2) is 4.79 Å². The molecule has 1 aliphatic heterocycles. The highest BCUT2D eigenvalue weighted by atomic mass is 16.5. The predicted molar refractivity (Wildman–Crippen MR) is 118 cm³/mol. The van der Waals surface area contributed by atoms with Gasteiger partial charge in [0.2, 0.25) is 0 Å². The molecule has 0 unspecified atom stereocenters. The average Bonchev–Trinajstić information content (AvgIpc) is 2.80. The fraction of sp³-hybridized carbons (Fsp3) is 0.261. The third-order valence-corrected chi connectivity index (χ3v) is 5.14. The number of morpholine rings is 1. The van der Waals surface area contributed by atoms with E-state index in [2.05, 4.69) is 15.2 Å². The van der Waals surface area contributed by atoms with E-state index in [4.69, 9.17) is 9.47 Å². The van der Waals surface area contributed by atoms with Crippen LogP contribution in [0.25, 0.3) is 10.8 Å². The topological polar surface area (TPSA) is 101 Å². The minimum atomic E-state index is -1.04. The van der Waals surface area contributed by atoms with Crippen molar-refractivity contribution in [3.8, 4) is 0 Å². The maximum absolute atomic E-state index is 12.5. The quantitative estimate of drug-likeness (QED) is 0.614. The Balaban J connectivity index is 1.38. The summed E-state index contributed by atoms with van der Waals surface area (Å²) < 4.78 is 10.6. The van der Waals surface area contributed by atoms with Crippen LogP contribution in [0, 0.1) is 0 Å². The number of carbonyl (C=O) groups is 2. The number of aromatic amines is 1. The number of nitrogens with one attached hydrogen (secondary N) is 2. The van der Waals surface area contributed by atoms with Crippen molar-refractivity contribution < 1.29 is 19.1 Å². The van der Waals surface area contributed by atoms with Crippen LogP contribution in [-0.2, 0) is 14.3 Å². The van der Waals surface area contributed by atoms with E-state index in [0.717, 1.165) is 18.8 Å². The Morgan fingerprint density at radius 3 is 2.55 bits per heavy atom. The SMILES string of the molecule is C[C@H](OC(=O)c1cc2ccccc2c(=O)[nH]1)C(=O)Nc1ccc(N2CCOCC2)cc1. The smallest absolute Gasteiger partial charge is 0.355 e. The second-order valence-electron chi connectivity index (χ2n) is 7.28. The Kier molecular flexibility index (Phi) is 5.99. The van der Waals surface area contributed by atoms with Gasteiger partial charge < -0.3 is 24.7 Å². The minimum absolute atomic E-state index is 0.00165. The van der Waals surface area contributed by atoms with Gasteiger partial charge in [-0.1, -0.05) is 18.2 Å². The molecular weight excluding hydrogens is 398 g/mol.